The molecule has 1 aliphatic carbocycles. The number of amides is 1. The maximum absolute atomic E-state index is 12.8. The molecule has 1 saturated heterocycles. The zero-order valence-corrected chi connectivity index (χ0v) is 11.6. The van der Waals surface area contributed by atoms with Gasteiger partial charge >= 0.3 is 0 Å². The van der Waals surface area contributed by atoms with Crippen molar-refractivity contribution in [1.29, 1.82) is 0 Å². The van der Waals surface area contributed by atoms with E-state index in [2.05, 4.69) is 10.3 Å². The van der Waals surface area contributed by atoms with Gasteiger partial charge in [-0.25, -0.2) is 0 Å². The second-order valence-corrected chi connectivity index (χ2v) is 5.81. The van der Waals surface area contributed by atoms with Crippen LogP contribution in [0.25, 0.3) is 0 Å². The first-order chi connectivity index (χ1) is 9.73. The third kappa shape index (κ3) is 2.26. The highest BCUT2D eigenvalue weighted by Gasteiger charge is 2.42. The van der Waals surface area contributed by atoms with Gasteiger partial charge in [-0.1, -0.05) is 19.3 Å². The number of pyridine rings is 1. The molecule has 2 heterocycles. The lowest BCUT2D eigenvalue weighted by Gasteiger charge is -2.49. The Labute approximate surface area is 119 Å². The fourth-order valence-electron chi connectivity index (χ4n) is 3.53. The van der Waals surface area contributed by atoms with Gasteiger partial charge < -0.3 is 15.3 Å². The van der Waals surface area contributed by atoms with Gasteiger partial charge in [0.15, 0.2) is 0 Å². The van der Waals surface area contributed by atoms with E-state index in [-0.39, 0.29) is 17.2 Å². The molecule has 1 amide bonds. The molecule has 2 N–H and O–H groups in total. The molecule has 2 fully saturated rings. The molecule has 0 atom stereocenters. The smallest absolute Gasteiger partial charge is 0.258 e. The fourth-order valence-corrected chi connectivity index (χ4v) is 3.53. The Morgan fingerprint density at radius 2 is 2.15 bits per heavy atom. The van der Waals surface area contributed by atoms with Crippen LogP contribution in [0.15, 0.2) is 18.5 Å². The third-order valence-corrected chi connectivity index (χ3v) is 4.60. The summed E-state index contributed by atoms with van der Waals surface area (Å²) in [4.78, 5) is 18.6. The van der Waals surface area contributed by atoms with E-state index in [0.29, 0.717) is 12.1 Å². The summed E-state index contributed by atoms with van der Waals surface area (Å²) in [6.07, 6.45) is 8.60. The normalized spacial score (nSPS) is 21.9. The third-order valence-electron chi connectivity index (χ3n) is 4.60. The Kier molecular flexibility index (Phi) is 3.61. The van der Waals surface area contributed by atoms with E-state index < -0.39 is 0 Å². The SMILES string of the molecule is O=C(c1ccncc1O)N1CCNCC12CCCCC2. The molecule has 0 aromatic carbocycles. The standard InChI is InChI=1S/C15H21N3O2/c19-13-10-16-7-4-12(13)14(20)18-9-8-17-11-15(18)5-2-1-3-6-15/h4,7,10,17,19H,1-3,5-6,8-9,11H2. The Morgan fingerprint density at radius 1 is 1.35 bits per heavy atom. The zero-order valence-electron chi connectivity index (χ0n) is 11.6. The van der Waals surface area contributed by atoms with Crippen molar-refractivity contribution in [1.82, 2.24) is 15.2 Å². The van der Waals surface area contributed by atoms with Crippen LogP contribution in [0, 0.1) is 0 Å². The van der Waals surface area contributed by atoms with E-state index in [1.54, 1.807) is 12.3 Å². The number of aromatic hydroxyl groups is 1. The van der Waals surface area contributed by atoms with Gasteiger partial charge in [0.25, 0.3) is 5.91 Å². The maximum Gasteiger partial charge on any atom is 0.258 e. The van der Waals surface area contributed by atoms with E-state index in [1.807, 2.05) is 4.90 Å². The number of nitrogens with zero attached hydrogens (tertiary/aromatic N) is 2. The number of nitrogens with one attached hydrogen (secondary N) is 1. The predicted molar refractivity (Wildman–Crippen MR) is 75.6 cm³/mol. The van der Waals surface area contributed by atoms with Gasteiger partial charge in [-0.15, -0.1) is 0 Å². The van der Waals surface area contributed by atoms with E-state index in [9.17, 15) is 9.90 Å². The molecule has 1 aliphatic heterocycles. The molecular formula is C15H21N3O2. The number of carbonyl (C=O) groups is 1. The number of rotatable bonds is 1. The van der Waals surface area contributed by atoms with E-state index in [1.165, 1.54) is 25.5 Å². The summed E-state index contributed by atoms with van der Waals surface area (Å²) in [6.45, 7) is 2.39. The van der Waals surface area contributed by atoms with Crippen LogP contribution in [0.5, 0.6) is 5.75 Å². The minimum Gasteiger partial charge on any atom is -0.505 e. The number of piperazine rings is 1. The average molecular weight is 275 g/mol. The van der Waals surface area contributed by atoms with Crippen LogP contribution < -0.4 is 5.32 Å². The van der Waals surface area contributed by atoms with Gasteiger partial charge in [0, 0.05) is 25.8 Å². The topological polar surface area (TPSA) is 65.5 Å². The summed E-state index contributed by atoms with van der Waals surface area (Å²) in [5.74, 6) is -0.0877. The summed E-state index contributed by atoms with van der Waals surface area (Å²) in [5.41, 5.74) is 0.301. The van der Waals surface area contributed by atoms with Crippen LogP contribution in [0.1, 0.15) is 42.5 Å². The summed E-state index contributed by atoms with van der Waals surface area (Å²) >= 11 is 0. The molecule has 108 valence electrons. The van der Waals surface area contributed by atoms with Crippen LogP contribution in [0.4, 0.5) is 0 Å². The van der Waals surface area contributed by atoms with Crippen molar-refractivity contribution in [3.8, 4) is 5.75 Å². The molecule has 1 aromatic heterocycles. The summed E-state index contributed by atoms with van der Waals surface area (Å²) < 4.78 is 0. The van der Waals surface area contributed by atoms with E-state index in [4.69, 9.17) is 0 Å². The average Bonchev–Trinajstić information content (AvgIpc) is 2.48. The zero-order chi connectivity index (χ0) is 14.0. The number of aromatic nitrogens is 1. The quantitative estimate of drug-likeness (QED) is 0.816. The largest absolute Gasteiger partial charge is 0.505 e. The monoisotopic (exact) mass is 275 g/mol. The van der Waals surface area contributed by atoms with Crippen LogP contribution in [-0.2, 0) is 0 Å². The molecule has 2 aliphatic rings. The molecule has 1 spiro atoms. The van der Waals surface area contributed by atoms with Crippen molar-refractivity contribution in [2.45, 2.75) is 37.6 Å². The summed E-state index contributed by atoms with van der Waals surface area (Å²) in [7, 11) is 0. The summed E-state index contributed by atoms with van der Waals surface area (Å²) in [5, 5.41) is 13.3. The second kappa shape index (κ2) is 5.40. The van der Waals surface area contributed by atoms with Crippen molar-refractivity contribution < 1.29 is 9.90 Å². The number of hydrogen-bond acceptors (Lipinski definition) is 4. The van der Waals surface area contributed by atoms with Crippen molar-refractivity contribution in [3.05, 3.63) is 24.0 Å². The highest BCUT2D eigenvalue weighted by Crippen LogP contribution is 2.36. The maximum atomic E-state index is 12.8. The van der Waals surface area contributed by atoms with Crippen molar-refractivity contribution in [3.63, 3.8) is 0 Å². The van der Waals surface area contributed by atoms with Gasteiger partial charge in [-0.3, -0.25) is 9.78 Å². The lowest BCUT2D eigenvalue weighted by molar-refractivity contribution is 0.0220. The first kappa shape index (κ1) is 13.4. The molecule has 5 heteroatoms. The Hall–Kier alpha value is -1.62. The highest BCUT2D eigenvalue weighted by molar-refractivity contribution is 5.97. The van der Waals surface area contributed by atoms with Gasteiger partial charge in [0.2, 0.25) is 0 Å². The molecule has 5 nitrogen and oxygen atoms in total. The molecule has 1 aromatic rings. The second-order valence-electron chi connectivity index (χ2n) is 5.81. The van der Waals surface area contributed by atoms with Crippen molar-refractivity contribution in [2.75, 3.05) is 19.6 Å². The molecule has 0 bridgehead atoms. The van der Waals surface area contributed by atoms with E-state index in [0.717, 1.165) is 25.9 Å². The number of hydrogen-bond donors (Lipinski definition) is 2. The molecule has 3 rings (SSSR count). The van der Waals surface area contributed by atoms with E-state index >= 15 is 0 Å². The Bertz CT molecular complexity index is 489. The predicted octanol–water partition coefficient (Wildman–Crippen LogP) is 1.54. The lowest BCUT2D eigenvalue weighted by Crippen LogP contribution is -2.63. The first-order valence-corrected chi connectivity index (χ1v) is 7.39. The lowest BCUT2D eigenvalue weighted by atomic mass is 9.78. The van der Waals surface area contributed by atoms with Gasteiger partial charge in [0.1, 0.15) is 5.75 Å². The minimum atomic E-state index is -0.0662. The minimum absolute atomic E-state index is 0.0259. The highest BCUT2D eigenvalue weighted by atomic mass is 16.3. The van der Waals surface area contributed by atoms with Crippen molar-refractivity contribution >= 4 is 5.91 Å². The van der Waals surface area contributed by atoms with Crippen molar-refractivity contribution in [2.24, 2.45) is 0 Å². The molecule has 20 heavy (non-hydrogen) atoms. The number of carbonyl (C=O) groups excluding carboxylic acids is 1. The molecule has 1 saturated carbocycles. The Morgan fingerprint density at radius 3 is 2.90 bits per heavy atom. The fraction of sp³-hybridized carbons (Fsp3) is 0.600. The first-order valence-electron chi connectivity index (χ1n) is 7.39. The van der Waals surface area contributed by atoms with Crippen LogP contribution in [0.3, 0.4) is 0 Å². The Balaban J connectivity index is 1.90. The van der Waals surface area contributed by atoms with Crippen LogP contribution >= 0.6 is 0 Å². The van der Waals surface area contributed by atoms with Crippen LogP contribution in [-0.4, -0.2) is 46.1 Å². The van der Waals surface area contributed by atoms with Gasteiger partial charge in [-0.05, 0) is 18.9 Å². The molecule has 0 radical (unpaired) electrons. The van der Waals surface area contributed by atoms with Crippen LogP contribution in [0.2, 0.25) is 0 Å². The van der Waals surface area contributed by atoms with Gasteiger partial charge in [-0.2, -0.15) is 0 Å². The molecule has 0 unspecified atom stereocenters. The van der Waals surface area contributed by atoms with Gasteiger partial charge in [0.05, 0.1) is 17.3 Å². The summed E-state index contributed by atoms with van der Waals surface area (Å²) in [6, 6.07) is 1.61. The molecular weight excluding hydrogens is 254 g/mol.